The van der Waals surface area contributed by atoms with E-state index < -0.39 is 5.97 Å². The largest absolute Gasteiger partial charge is 0.481 e. The number of rotatable bonds is 6. The molecule has 2 aromatic rings. The number of aryl methyl sites for hydroxylation is 1. The third-order valence-corrected chi connectivity index (χ3v) is 3.64. The van der Waals surface area contributed by atoms with Crippen LogP contribution in [0.1, 0.15) is 22.3 Å². The standard InChI is InChI=1S/C18H20N4O3/c1-22(15-8-5-12(6-9-15)7-10-16(23)24)17(25)13-3-2-4-14(11-13)21-18(19)20/h2-6,8-9,11H,7,10H2,1H3,(H,23,24)(H4,19,20,21). The molecule has 130 valence electrons. The summed E-state index contributed by atoms with van der Waals surface area (Å²) in [5, 5.41) is 18.6. The number of hydrogen-bond donors (Lipinski definition) is 4. The molecule has 0 unspecified atom stereocenters. The topological polar surface area (TPSA) is 120 Å². The third kappa shape index (κ3) is 5.07. The third-order valence-electron chi connectivity index (χ3n) is 3.64. The Morgan fingerprint density at radius 2 is 1.88 bits per heavy atom. The fraction of sp³-hybridized carbons (Fsp3) is 0.167. The summed E-state index contributed by atoms with van der Waals surface area (Å²) >= 11 is 0. The van der Waals surface area contributed by atoms with E-state index in [9.17, 15) is 9.59 Å². The van der Waals surface area contributed by atoms with Crippen LogP contribution in [0.3, 0.4) is 0 Å². The molecule has 0 aromatic heterocycles. The number of aliphatic carboxylic acids is 1. The zero-order valence-corrected chi connectivity index (χ0v) is 13.8. The normalized spacial score (nSPS) is 10.1. The molecule has 0 heterocycles. The van der Waals surface area contributed by atoms with Crippen molar-refractivity contribution in [3.8, 4) is 0 Å². The maximum atomic E-state index is 12.6. The number of carbonyl (C=O) groups is 2. The first kappa shape index (κ1) is 18.0. The van der Waals surface area contributed by atoms with Crippen LogP contribution in [0, 0.1) is 5.41 Å². The van der Waals surface area contributed by atoms with E-state index >= 15 is 0 Å². The first-order valence-corrected chi connectivity index (χ1v) is 7.66. The second-order valence-electron chi connectivity index (χ2n) is 5.54. The predicted octanol–water partition coefficient (Wildman–Crippen LogP) is 2.29. The highest BCUT2D eigenvalue weighted by Crippen LogP contribution is 2.19. The van der Waals surface area contributed by atoms with Gasteiger partial charge < -0.3 is 21.1 Å². The highest BCUT2D eigenvalue weighted by atomic mass is 16.4. The molecule has 25 heavy (non-hydrogen) atoms. The highest BCUT2D eigenvalue weighted by Gasteiger charge is 2.14. The molecule has 0 saturated heterocycles. The van der Waals surface area contributed by atoms with E-state index in [0.29, 0.717) is 23.4 Å². The Bertz CT molecular complexity index is 787. The summed E-state index contributed by atoms with van der Waals surface area (Å²) in [5.41, 5.74) is 7.93. The monoisotopic (exact) mass is 340 g/mol. The molecule has 0 atom stereocenters. The molecule has 0 fully saturated rings. The summed E-state index contributed by atoms with van der Waals surface area (Å²) in [5.74, 6) is -1.24. The Balaban J connectivity index is 2.11. The van der Waals surface area contributed by atoms with E-state index in [0.717, 1.165) is 5.56 Å². The van der Waals surface area contributed by atoms with E-state index in [2.05, 4.69) is 5.32 Å². The van der Waals surface area contributed by atoms with Gasteiger partial charge in [-0.3, -0.25) is 15.0 Å². The Morgan fingerprint density at radius 1 is 1.20 bits per heavy atom. The summed E-state index contributed by atoms with van der Waals surface area (Å²) < 4.78 is 0. The zero-order chi connectivity index (χ0) is 18.4. The number of anilines is 2. The van der Waals surface area contributed by atoms with Gasteiger partial charge in [0.25, 0.3) is 5.91 Å². The Kier molecular flexibility index (Phi) is 5.73. The van der Waals surface area contributed by atoms with Crippen LogP contribution in [0.2, 0.25) is 0 Å². The molecule has 1 amide bonds. The molecule has 7 heteroatoms. The summed E-state index contributed by atoms with van der Waals surface area (Å²) in [6.07, 6.45) is 0.524. The van der Waals surface area contributed by atoms with Crippen molar-refractivity contribution < 1.29 is 14.7 Å². The molecule has 2 rings (SSSR count). The van der Waals surface area contributed by atoms with Gasteiger partial charge in [0.1, 0.15) is 0 Å². The van der Waals surface area contributed by atoms with Gasteiger partial charge in [-0.05, 0) is 42.3 Å². The van der Waals surface area contributed by atoms with Gasteiger partial charge in [0.05, 0.1) is 0 Å². The van der Waals surface area contributed by atoms with Crippen molar-refractivity contribution in [3.05, 3.63) is 59.7 Å². The molecule has 2 aromatic carbocycles. The molecule has 5 N–H and O–H groups in total. The average Bonchev–Trinajstić information content (AvgIpc) is 2.59. The van der Waals surface area contributed by atoms with Gasteiger partial charge in [-0.25, -0.2) is 0 Å². The van der Waals surface area contributed by atoms with Crippen molar-refractivity contribution in [2.45, 2.75) is 12.8 Å². The molecule has 0 aliphatic rings. The number of hydrogen-bond acceptors (Lipinski definition) is 3. The van der Waals surface area contributed by atoms with Crippen molar-refractivity contribution in [2.75, 3.05) is 17.3 Å². The first-order valence-electron chi connectivity index (χ1n) is 7.66. The van der Waals surface area contributed by atoms with Crippen molar-refractivity contribution in [1.82, 2.24) is 0 Å². The van der Waals surface area contributed by atoms with Crippen LogP contribution in [0.4, 0.5) is 11.4 Å². The number of carboxylic acids is 1. The summed E-state index contributed by atoms with van der Waals surface area (Å²) in [6.45, 7) is 0. The second-order valence-corrected chi connectivity index (χ2v) is 5.54. The lowest BCUT2D eigenvalue weighted by molar-refractivity contribution is -0.136. The van der Waals surface area contributed by atoms with Crippen molar-refractivity contribution >= 4 is 29.2 Å². The molecule has 0 saturated carbocycles. The number of amides is 1. The first-order chi connectivity index (χ1) is 11.9. The smallest absolute Gasteiger partial charge is 0.303 e. The molecule has 7 nitrogen and oxygen atoms in total. The molecular formula is C18H20N4O3. The van der Waals surface area contributed by atoms with Gasteiger partial charge in [-0.1, -0.05) is 18.2 Å². The number of nitrogens with one attached hydrogen (secondary N) is 2. The average molecular weight is 340 g/mol. The van der Waals surface area contributed by atoms with Gasteiger partial charge in [0.2, 0.25) is 0 Å². The fourth-order valence-corrected chi connectivity index (χ4v) is 2.33. The van der Waals surface area contributed by atoms with Crippen LogP contribution < -0.4 is 16.0 Å². The zero-order valence-electron chi connectivity index (χ0n) is 13.8. The maximum absolute atomic E-state index is 12.6. The van der Waals surface area contributed by atoms with Gasteiger partial charge in [-0.15, -0.1) is 0 Å². The molecule has 0 aliphatic heterocycles. The minimum Gasteiger partial charge on any atom is -0.481 e. The van der Waals surface area contributed by atoms with Gasteiger partial charge in [0, 0.05) is 30.4 Å². The second kappa shape index (κ2) is 7.96. The molecule has 0 aliphatic carbocycles. The minimum atomic E-state index is -0.838. The quantitative estimate of drug-likeness (QED) is 0.475. The van der Waals surface area contributed by atoms with Gasteiger partial charge in [0.15, 0.2) is 5.96 Å². The number of carboxylic acid groups (broad SMARTS) is 1. The molecule has 0 radical (unpaired) electrons. The molecule has 0 spiro atoms. The van der Waals surface area contributed by atoms with Gasteiger partial charge in [-0.2, -0.15) is 0 Å². The van der Waals surface area contributed by atoms with Crippen molar-refractivity contribution in [3.63, 3.8) is 0 Å². The number of nitrogens with zero attached hydrogens (tertiary/aromatic N) is 1. The number of benzene rings is 2. The number of carbonyl (C=O) groups excluding carboxylic acids is 1. The molecule has 0 bridgehead atoms. The van der Waals surface area contributed by atoms with E-state index in [1.54, 1.807) is 43.4 Å². The van der Waals surface area contributed by atoms with Crippen molar-refractivity contribution in [2.24, 2.45) is 5.73 Å². The van der Waals surface area contributed by atoms with Crippen LogP contribution >= 0.6 is 0 Å². The lowest BCUT2D eigenvalue weighted by Gasteiger charge is -2.18. The van der Waals surface area contributed by atoms with Crippen LogP contribution in [-0.4, -0.2) is 30.0 Å². The predicted molar refractivity (Wildman–Crippen MR) is 97.1 cm³/mol. The minimum absolute atomic E-state index is 0.0735. The number of nitrogens with two attached hydrogens (primary N) is 1. The Hall–Kier alpha value is -3.35. The summed E-state index contributed by atoms with van der Waals surface area (Å²) in [4.78, 5) is 24.7. The number of guanidine groups is 1. The van der Waals surface area contributed by atoms with Gasteiger partial charge >= 0.3 is 5.97 Å². The van der Waals surface area contributed by atoms with E-state index in [-0.39, 0.29) is 18.3 Å². The van der Waals surface area contributed by atoms with Crippen LogP contribution in [0.25, 0.3) is 0 Å². The Morgan fingerprint density at radius 3 is 2.48 bits per heavy atom. The van der Waals surface area contributed by atoms with Crippen molar-refractivity contribution in [1.29, 1.82) is 5.41 Å². The van der Waals surface area contributed by atoms with Crippen LogP contribution in [-0.2, 0) is 11.2 Å². The SMILES string of the molecule is CN(C(=O)c1cccc(NC(=N)N)c1)c1ccc(CCC(=O)O)cc1. The summed E-state index contributed by atoms with van der Waals surface area (Å²) in [6, 6.07) is 13.9. The van der Waals surface area contributed by atoms with Crippen LogP contribution in [0.15, 0.2) is 48.5 Å². The van der Waals surface area contributed by atoms with Crippen LogP contribution in [0.5, 0.6) is 0 Å². The van der Waals surface area contributed by atoms with E-state index in [4.69, 9.17) is 16.2 Å². The summed E-state index contributed by atoms with van der Waals surface area (Å²) in [7, 11) is 1.67. The van der Waals surface area contributed by atoms with E-state index in [1.807, 2.05) is 12.1 Å². The Labute approximate surface area is 145 Å². The maximum Gasteiger partial charge on any atom is 0.303 e. The molecular weight excluding hydrogens is 320 g/mol. The lowest BCUT2D eigenvalue weighted by atomic mass is 10.1. The lowest BCUT2D eigenvalue weighted by Crippen LogP contribution is -2.26. The fourth-order valence-electron chi connectivity index (χ4n) is 2.33. The van der Waals surface area contributed by atoms with E-state index in [1.165, 1.54) is 4.90 Å². The highest BCUT2D eigenvalue weighted by molar-refractivity contribution is 6.06.